The van der Waals surface area contributed by atoms with Crippen molar-refractivity contribution in [3.8, 4) is 11.5 Å². The van der Waals surface area contributed by atoms with Crippen LogP contribution in [0.5, 0.6) is 11.5 Å². The van der Waals surface area contributed by atoms with E-state index in [2.05, 4.69) is 5.32 Å². The van der Waals surface area contributed by atoms with Gasteiger partial charge in [-0.3, -0.25) is 4.79 Å². The minimum absolute atomic E-state index is 0.322. The highest BCUT2D eigenvalue weighted by Gasteiger charge is 2.16. The maximum atomic E-state index is 12.5. The Hall–Kier alpha value is -1.91. The number of carbonyl (C=O) groups excluding carboxylic acids is 1. The van der Waals surface area contributed by atoms with Gasteiger partial charge in [0.2, 0.25) is 0 Å². The van der Waals surface area contributed by atoms with Crippen LogP contribution in [0.25, 0.3) is 0 Å². The number of nitrogens with one attached hydrogen (secondary N) is 1. The molecule has 0 saturated carbocycles. The Labute approximate surface area is 151 Å². The van der Waals surface area contributed by atoms with Gasteiger partial charge < -0.3 is 14.8 Å². The second kappa shape index (κ2) is 8.27. The summed E-state index contributed by atoms with van der Waals surface area (Å²) in [5, 5.41) is 3.57. The van der Waals surface area contributed by atoms with Crippen LogP contribution in [0.15, 0.2) is 30.3 Å². The number of aryl methyl sites for hydroxylation is 1. The molecule has 0 bridgehead atoms. The van der Waals surface area contributed by atoms with Crippen LogP contribution in [-0.2, 0) is 0 Å². The smallest absolute Gasteiger partial charge is 0.255 e. The molecule has 2 rings (SSSR count). The number of carbonyl (C=O) groups is 1. The molecule has 6 heteroatoms. The Morgan fingerprint density at radius 1 is 1.17 bits per heavy atom. The first kappa shape index (κ1) is 18.4. The third-order valence-corrected chi connectivity index (χ3v) is 3.91. The van der Waals surface area contributed by atoms with Crippen LogP contribution in [0.3, 0.4) is 0 Å². The van der Waals surface area contributed by atoms with Gasteiger partial charge in [-0.2, -0.15) is 0 Å². The number of benzene rings is 2. The van der Waals surface area contributed by atoms with Gasteiger partial charge in [-0.15, -0.1) is 0 Å². The molecule has 0 aromatic heterocycles. The van der Waals surface area contributed by atoms with E-state index in [1.165, 1.54) is 7.11 Å². The zero-order valence-corrected chi connectivity index (χ0v) is 15.3. The first-order valence-corrected chi connectivity index (χ1v) is 8.29. The van der Waals surface area contributed by atoms with Gasteiger partial charge in [0.05, 0.1) is 29.4 Å². The van der Waals surface area contributed by atoms with Crippen LogP contribution in [0, 0.1) is 6.92 Å². The molecule has 0 aliphatic heterocycles. The fourth-order valence-corrected chi connectivity index (χ4v) is 2.66. The number of hydrogen-bond donors (Lipinski definition) is 1. The molecular formula is C18H19Cl2NO3. The van der Waals surface area contributed by atoms with Gasteiger partial charge in [-0.05, 0) is 43.2 Å². The minimum Gasteiger partial charge on any atom is -0.493 e. The highest BCUT2D eigenvalue weighted by Crippen LogP contribution is 2.37. The highest BCUT2D eigenvalue weighted by atomic mass is 35.5. The minimum atomic E-state index is -0.331. The van der Waals surface area contributed by atoms with Crippen LogP contribution in [0.4, 0.5) is 5.69 Å². The van der Waals surface area contributed by atoms with E-state index in [9.17, 15) is 4.79 Å². The number of methoxy groups -OCH3 is 1. The summed E-state index contributed by atoms with van der Waals surface area (Å²) in [6.07, 6.45) is 0.841. The first-order valence-electron chi connectivity index (χ1n) is 7.54. The third-order valence-electron chi connectivity index (χ3n) is 3.31. The quantitative estimate of drug-likeness (QED) is 0.748. The van der Waals surface area contributed by atoms with Gasteiger partial charge in [0, 0.05) is 5.56 Å². The molecule has 24 heavy (non-hydrogen) atoms. The lowest BCUT2D eigenvalue weighted by atomic mass is 10.1. The van der Waals surface area contributed by atoms with Crippen molar-refractivity contribution < 1.29 is 14.3 Å². The van der Waals surface area contributed by atoms with E-state index in [-0.39, 0.29) is 5.91 Å². The molecule has 0 aliphatic rings. The molecule has 0 saturated heterocycles. The first-order chi connectivity index (χ1) is 11.5. The maximum Gasteiger partial charge on any atom is 0.255 e. The van der Waals surface area contributed by atoms with Crippen molar-refractivity contribution in [2.24, 2.45) is 0 Å². The number of halogens is 2. The molecule has 0 aliphatic carbocycles. The summed E-state index contributed by atoms with van der Waals surface area (Å²) in [5.74, 6) is 0.519. The van der Waals surface area contributed by atoms with E-state index in [4.69, 9.17) is 32.7 Å². The van der Waals surface area contributed by atoms with Crippen molar-refractivity contribution in [1.29, 1.82) is 0 Å². The number of anilines is 1. The second-order valence-corrected chi connectivity index (χ2v) is 6.09. The van der Waals surface area contributed by atoms with Gasteiger partial charge in [0.15, 0.2) is 11.5 Å². The molecule has 0 fully saturated rings. The fraction of sp³-hybridized carbons (Fsp3) is 0.278. The Morgan fingerprint density at radius 2 is 1.92 bits per heavy atom. The summed E-state index contributed by atoms with van der Waals surface area (Å²) in [4.78, 5) is 12.5. The zero-order valence-electron chi connectivity index (χ0n) is 13.8. The maximum absolute atomic E-state index is 12.5. The number of hydrogen-bond acceptors (Lipinski definition) is 3. The lowest BCUT2D eigenvalue weighted by Gasteiger charge is -2.14. The molecule has 4 nitrogen and oxygen atoms in total. The summed E-state index contributed by atoms with van der Waals surface area (Å²) < 4.78 is 10.9. The number of rotatable bonds is 6. The topological polar surface area (TPSA) is 47.6 Å². The van der Waals surface area contributed by atoms with E-state index in [0.29, 0.717) is 39.4 Å². The summed E-state index contributed by atoms with van der Waals surface area (Å²) in [5.41, 5.74) is 1.91. The van der Waals surface area contributed by atoms with E-state index in [1.54, 1.807) is 24.3 Å². The Morgan fingerprint density at radius 3 is 2.54 bits per heavy atom. The summed E-state index contributed by atoms with van der Waals surface area (Å²) in [7, 11) is 1.50. The zero-order chi connectivity index (χ0) is 17.7. The molecule has 1 N–H and O–H groups in total. The van der Waals surface area contributed by atoms with E-state index in [1.807, 2.05) is 19.9 Å². The third kappa shape index (κ3) is 4.34. The van der Waals surface area contributed by atoms with E-state index >= 15 is 0 Å². The van der Waals surface area contributed by atoms with Crippen LogP contribution < -0.4 is 14.8 Å². The highest BCUT2D eigenvalue weighted by molar-refractivity contribution is 6.34. The van der Waals surface area contributed by atoms with Crippen molar-refractivity contribution in [3.05, 3.63) is 51.5 Å². The lowest BCUT2D eigenvalue weighted by Crippen LogP contribution is -2.13. The summed E-state index contributed by atoms with van der Waals surface area (Å²) in [6.45, 7) is 4.44. The average molecular weight is 368 g/mol. The van der Waals surface area contributed by atoms with E-state index < -0.39 is 0 Å². The molecular weight excluding hydrogens is 349 g/mol. The van der Waals surface area contributed by atoms with Gasteiger partial charge in [0.25, 0.3) is 5.91 Å². The van der Waals surface area contributed by atoms with E-state index in [0.717, 1.165) is 12.0 Å². The summed E-state index contributed by atoms with van der Waals surface area (Å²) >= 11 is 12.4. The Balaban J connectivity index is 2.27. The normalized spacial score (nSPS) is 10.4. The standard InChI is InChI=1S/C18H19Cl2NO3/c1-4-7-24-17-14(20)9-12(10-16(17)23-3)18(22)21-15-6-5-11(2)8-13(15)19/h5-6,8-10H,4,7H2,1-3H3,(H,21,22). The molecule has 0 unspecified atom stereocenters. The van der Waals surface area contributed by atoms with Crippen molar-refractivity contribution in [3.63, 3.8) is 0 Å². The Kier molecular flexibility index (Phi) is 6.35. The van der Waals surface area contributed by atoms with Gasteiger partial charge in [-0.1, -0.05) is 36.2 Å². The van der Waals surface area contributed by atoms with Gasteiger partial charge >= 0.3 is 0 Å². The monoisotopic (exact) mass is 367 g/mol. The SMILES string of the molecule is CCCOc1c(Cl)cc(C(=O)Nc2ccc(C)cc2Cl)cc1OC. The van der Waals surface area contributed by atoms with Crippen molar-refractivity contribution in [2.45, 2.75) is 20.3 Å². The molecule has 0 heterocycles. The van der Waals surface area contributed by atoms with Gasteiger partial charge in [0.1, 0.15) is 0 Å². The van der Waals surface area contributed by atoms with Crippen LogP contribution in [0.1, 0.15) is 29.3 Å². The molecule has 1 amide bonds. The molecule has 0 radical (unpaired) electrons. The number of amides is 1. The van der Waals surface area contributed by atoms with Crippen LogP contribution >= 0.6 is 23.2 Å². The van der Waals surface area contributed by atoms with Crippen molar-refractivity contribution in [1.82, 2.24) is 0 Å². The molecule has 0 atom stereocenters. The largest absolute Gasteiger partial charge is 0.493 e. The summed E-state index contributed by atoms with van der Waals surface area (Å²) in [6, 6.07) is 8.55. The van der Waals surface area contributed by atoms with Gasteiger partial charge in [-0.25, -0.2) is 0 Å². The van der Waals surface area contributed by atoms with Crippen LogP contribution in [-0.4, -0.2) is 19.6 Å². The average Bonchev–Trinajstić information content (AvgIpc) is 2.55. The fourth-order valence-electron chi connectivity index (χ4n) is 2.11. The Bertz CT molecular complexity index is 747. The molecule has 2 aromatic carbocycles. The predicted octanol–water partition coefficient (Wildman–Crippen LogP) is 5.35. The predicted molar refractivity (Wildman–Crippen MR) is 97.9 cm³/mol. The molecule has 0 spiro atoms. The van der Waals surface area contributed by atoms with Crippen LogP contribution in [0.2, 0.25) is 10.0 Å². The molecule has 2 aromatic rings. The van der Waals surface area contributed by atoms with Crippen molar-refractivity contribution >= 4 is 34.8 Å². The second-order valence-electron chi connectivity index (χ2n) is 5.28. The molecule has 128 valence electrons. The van der Waals surface area contributed by atoms with Crippen molar-refractivity contribution in [2.75, 3.05) is 19.0 Å². The lowest BCUT2D eigenvalue weighted by molar-refractivity contribution is 0.102. The number of ether oxygens (including phenoxy) is 2.